The molecule has 7 heteroatoms. The quantitative estimate of drug-likeness (QED) is 0.616. The van der Waals surface area contributed by atoms with Crippen LogP contribution in [0, 0.1) is 12.8 Å². The number of hydrogen-bond donors (Lipinski definition) is 2. The summed E-state index contributed by atoms with van der Waals surface area (Å²) in [4.78, 5) is 37.9. The minimum Gasteiger partial charge on any atom is -0.385 e. The van der Waals surface area contributed by atoms with Crippen LogP contribution in [0.4, 0.5) is 5.69 Å². The van der Waals surface area contributed by atoms with Gasteiger partial charge in [-0.25, -0.2) is 0 Å². The van der Waals surface area contributed by atoms with E-state index in [4.69, 9.17) is 4.74 Å². The third-order valence-electron chi connectivity index (χ3n) is 4.13. The van der Waals surface area contributed by atoms with Crippen LogP contribution in [0.25, 0.3) is 0 Å². The van der Waals surface area contributed by atoms with Crippen LogP contribution in [-0.2, 0) is 19.1 Å². The van der Waals surface area contributed by atoms with Gasteiger partial charge in [0.05, 0.1) is 13.1 Å². The highest BCUT2D eigenvalue weighted by Crippen LogP contribution is 2.30. The molecule has 0 aliphatic heterocycles. The highest BCUT2D eigenvalue weighted by Gasteiger charge is 2.33. The number of benzene rings is 1. The molecule has 26 heavy (non-hydrogen) atoms. The van der Waals surface area contributed by atoms with Gasteiger partial charge in [0.25, 0.3) is 0 Å². The van der Waals surface area contributed by atoms with Crippen molar-refractivity contribution in [3.05, 3.63) is 29.8 Å². The Hall–Kier alpha value is -2.41. The van der Waals surface area contributed by atoms with Crippen LogP contribution in [0.3, 0.4) is 0 Å². The number of nitrogens with zero attached hydrogens (tertiary/aromatic N) is 1. The Morgan fingerprint density at radius 3 is 2.46 bits per heavy atom. The number of carbonyl (C=O) groups is 3. The van der Waals surface area contributed by atoms with E-state index in [2.05, 4.69) is 10.6 Å². The van der Waals surface area contributed by atoms with E-state index < -0.39 is 0 Å². The van der Waals surface area contributed by atoms with E-state index in [0.29, 0.717) is 25.3 Å². The number of ether oxygens (including phenoxy) is 1. The molecule has 2 rings (SSSR count). The summed E-state index contributed by atoms with van der Waals surface area (Å²) >= 11 is 0. The number of amides is 3. The van der Waals surface area contributed by atoms with Gasteiger partial charge in [0, 0.05) is 31.9 Å². The fraction of sp³-hybridized carbons (Fsp3) is 0.526. The fourth-order valence-electron chi connectivity index (χ4n) is 2.51. The van der Waals surface area contributed by atoms with E-state index in [0.717, 1.165) is 18.4 Å². The predicted molar refractivity (Wildman–Crippen MR) is 98.6 cm³/mol. The van der Waals surface area contributed by atoms with Gasteiger partial charge in [0.15, 0.2) is 0 Å². The Morgan fingerprint density at radius 2 is 1.85 bits per heavy atom. The van der Waals surface area contributed by atoms with Gasteiger partial charge in [0.2, 0.25) is 17.7 Å². The van der Waals surface area contributed by atoms with Crippen molar-refractivity contribution in [3.8, 4) is 0 Å². The fourth-order valence-corrected chi connectivity index (χ4v) is 2.51. The molecule has 0 saturated heterocycles. The van der Waals surface area contributed by atoms with Gasteiger partial charge >= 0.3 is 0 Å². The molecule has 0 bridgehead atoms. The lowest BCUT2D eigenvalue weighted by Crippen LogP contribution is -2.44. The average Bonchev–Trinajstić information content (AvgIpc) is 3.46. The first-order chi connectivity index (χ1) is 12.5. The van der Waals surface area contributed by atoms with Gasteiger partial charge in [-0.1, -0.05) is 17.7 Å². The molecule has 0 atom stereocenters. The molecule has 0 unspecified atom stereocenters. The number of rotatable bonds is 10. The number of aryl methyl sites for hydroxylation is 1. The van der Waals surface area contributed by atoms with Gasteiger partial charge in [-0.2, -0.15) is 0 Å². The maximum atomic E-state index is 12.3. The number of nitrogens with one attached hydrogen (secondary N) is 2. The van der Waals surface area contributed by atoms with Crippen LogP contribution in [0.2, 0.25) is 0 Å². The first kappa shape index (κ1) is 19.9. The molecule has 7 nitrogen and oxygen atoms in total. The summed E-state index contributed by atoms with van der Waals surface area (Å²) in [6, 6.07) is 7.41. The van der Waals surface area contributed by atoms with Crippen LogP contribution in [0.15, 0.2) is 24.3 Å². The third kappa shape index (κ3) is 6.84. The SMILES string of the molecule is COCCCN(CC(=O)NCC(=O)Nc1ccc(C)cc1)C(=O)C1CC1. The summed E-state index contributed by atoms with van der Waals surface area (Å²) < 4.78 is 5.00. The predicted octanol–water partition coefficient (Wildman–Crippen LogP) is 1.32. The molecule has 1 aliphatic rings. The van der Waals surface area contributed by atoms with Crippen LogP contribution >= 0.6 is 0 Å². The molecule has 3 amide bonds. The normalized spacial score (nSPS) is 13.2. The second-order valence-electron chi connectivity index (χ2n) is 6.57. The lowest BCUT2D eigenvalue weighted by Gasteiger charge is -2.22. The van der Waals surface area contributed by atoms with Gasteiger partial charge < -0.3 is 20.3 Å². The molecule has 1 fully saturated rings. The van der Waals surface area contributed by atoms with Crippen molar-refractivity contribution in [1.82, 2.24) is 10.2 Å². The van der Waals surface area contributed by atoms with Gasteiger partial charge in [-0.3, -0.25) is 14.4 Å². The second kappa shape index (κ2) is 9.91. The number of carbonyl (C=O) groups excluding carboxylic acids is 3. The van der Waals surface area contributed by atoms with Crippen molar-refractivity contribution in [1.29, 1.82) is 0 Å². The van der Waals surface area contributed by atoms with Gasteiger partial charge in [-0.15, -0.1) is 0 Å². The number of methoxy groups -OCH3 is 1. The highest BCUT2D eigenvalue weighted by atomic mass is 16.5. The molecule has 1 aliphatic carbocycles. The summed E-state index contributed by atoms with van der Waals surface area (Å²) in [5.41, 5.74) is 1.78. The lowest BCUT2D eigenvalue weighted by atomic mass is 10.2. The standard InChI is InChI=1S/C19H27N3O4/c1-14-4-8-16(9-5-14)21-17(23)12-20-18(24)13-22(10-3-11-26-2)19(25)15-6-7-15/h4-5,8-9,15H,3,6-7,10-13H2,1-2H3,(H,20,24)(H,21,23). The Labute approximate surface area is 154 Å². The lowest BCUT2D eigenvalue weighted by molar-refractivity contribution is -0.137. The van der Waals surface area contributed by atoms with Crippen LogP contribution in [0.1, 0.15) is 24.8 Å². The summed E-state index contributed by atoms with van der Waals surface area (Å²) in [5.74, 6) is -0.576. The maximum Gasteiger partial charge on any atom is 0.243 e. The molecule has 142 valence electrons. The average molecular weight is 361 g/mol. The molecule has 2 N–H and O–H groups in total. The van der Waals surface area contributed by atoms with E-state index in [1.165, 1.54) is 0 Å². The summed E-state index contributed by atoms with van der Waals surface area (Å²) in [5, 5.41) is 5.29. The molecular formula is C19H27N3O4. The zero-order valence-corrected chi connectivity index (χ0v) is 15.4. The van der Waals surface area contributed by atoms with E-state index in [1.54, 1.807) is 24.1 Å². The monoisotopic (exact) mass is 361 g/mol. The summed E-state index contributed by atoms with van der Waals surface area (Å²) in [7, 11) is 1.60. The van der Waals surface area contributed by atoms with E-state index >= 15 is 0 Å². The molecule has 0 radical (unpaired) electrons. The van der Waals surface area contributed by atoms with Crippen molar-refractivity contribution in [3.63, 3.8) is 0 Å². The summed E-state index contributed by atoms with van der Waals surface area (Å²) in [6.45, 7) is 2.82. The first-order valence-corrected chi connectivity index (χ1v) is 8.90. The van der Waals surface area contributed by atoms with Crippen molar-refractivity contribution < 1.29 is 19.1 Å². The van der Waals surface area contributed by atoms with E-state index in [-0.39, 0.29) is 36.7 Å². The first-order valence-electron chi connectivity index (χ1n) is 8.90. The van der Waals surface area contributed by atoms with Crippen molar-refractivity contribution in [2.45, 2.75) is 26.2 Å². The van der Waals surface area contributed by atoms with Gasteiger partial charge in [-0.05, 0) is 38.3 Å². The minimum absolute atomic E-state index is 0.0142. The maximum absolute atomic E-state index is 12.3. The molecule has 1 aromatic carbocycles. The number of anilines is 1. The molecular weight excluding hydrogens is 334 g/mol. The molecule has 1 saturated carbocycles. The highest BCUT2D eigenvalue weighted by molar-refractivity contribution is 5.95. The van der Waals surface area contributed by atoms with Gasteiger partial charge in [0.1, 0.15) is 0 Å². The van der Waals surface area contributed by atoms with Crippen molar-refractivity contribution in [2.24, 2.45) is 5.92 Å². The Bertz CT molecular complexity index is 626. The smallest absolute Gasteiger partial charge is 0.243 e. The second-order valence-corrected chi connectivity index (χ2v) is 6.57. The molecule has 0 spiro atoms. The molecule has 0 aromatic heterocycles. The third-order valence-corrected chi connectivity index (χ3v) is 4.13. The Balaban J connectivity index is 1.76. The summed E-state index contributed by atoms with van der Waals surface area (Å²) in [6.07, 6.45) is 2.45. The molecule has 0 heterocycles. The number of hydrogen-bond acceptors (Lipinski definition) is 4. The minimum atomic E-state index is -0.338. The largest absolute Gasteiger partial charge is 0.385 e. The zero-order valence-electron chi connectivity index (χ0n) is 15.4. The van der Waals surface area contributed by atoms with Crippen molar-refractivity contribution in [2.75, 3.05) is 38.7 Å². The zero-order chi connectivity index (χ0) is 18.9. The molecule has 1 aromatic rings. The van der Waals surface area contributed by atoms with Crippen LogP contribution in [-0.4, -0.2) is 56.0 Å². The topological polar surface area (TPSA) is 87.7 Å². The Kier molecular flexibility index (Phi) is 7.59. The van der Waals surface area contributed by atoms with E-state index in [1.807, 2.05) is 19.1 Å². The van der Waals surface area contributed by atoms with E-state index in [9.17, 15) is 14.4 Å². The van der Waals surface area contributed by atoms with Crippen molar-refractivity contribution >= 4 is 23.4 Å². The Morgan fingerprint density at radius 1 is 1.15 bits per heavy atom. The van der Waals surface area contributed by atoms with Crippen LogP contribution in [0.5, 0.6) is 0 Å². The van der Waals surface area contributed by atoms with Crippen LogP contribution < -0.4 is 10.6 Å².